The van der Waals surface area contributed by atoms with Crippen molar-refractivity contribution in [3.05, 3.63) is 71.9 Å². The lowest BCUT2D eigenvalue weighted by Gasteiger charge is -2.32. The molecule has 0 spiro atoms. The number of hydrogen-bond acceptors (Lipinski definition) is 6. The van der Waals surface area contributed by atoms with Gasteiger partial charge in [-0.15, -0.1) is 10.2 Å². The number of rotatable bonds is 7. The molecule has 0 bridgehead atoms. The molecule has 3 aromatic rings. The minimum atomic E-state index is 0.159. The SMILES string of the molecule is c1ccc(Cn2c(CO[C@@H]3CCOC3)nnc2C2CCN(c3ccccn3)CC2)cc1. The summed E-state index contributed by atoms with van der Waals surface area (Å²) in [5.41, 5.74) is 1.25. The third-order valence-corrected chi connectivity index (χ3v) is 6.21. The van der Waals surface area contributed by atoms with Gasteiger partial charge in [0.05, 0.1) is 19.3 Å². The van der Waals surface area contributed by atoms with Crippen LogP contribution in [0.4, 0.5) is 5.82 Å². The molecule has 7 heteroatoms. The lowest BCUT2D eigenvalue weighted by molar-refractivity contribution is 0.0269. The van der Waals surface area contributed by atoms with E-state index in [4.69, 9.17) is 9.47 Å². The van der Waals surface area contributed by atoms with E-state index in [-0.39, 0.29) is 6.10 Å². The average Bonchev–Trinajstić information content (AvgIpc) is 3.49. The van der Waals surface area contributed by atoms with Crippen molar-refractivity contribution >= 4 is 5.82 Å². The maximum absolute atomic E-state index is 6.08. The summed E-state index contributed by atoms with van der Waals surface area (Å²) in [5.74, 6) is 3.42. The molecular formula is C24H29N5O2. The highest BCUT2D eigenvalue weighted by atomic mass is 16.5. The van der Waals surface area contributed by atoms with Gasteiger partial charge in [-0.2, -0.15) is 0 Å². The van der Waals surface area contributed by atoms with Gasteiger partial charge in [0.1, 0.15) is 18.2 Å². The number of aromatic nitrogens is 4. The Bertz CT molecular complexity index is 949. The Labute approximate surface area is 183 Å². The fourth-order valence-corrected chi connectivity index (χ4v) is 4.44. The molecule has 2 saturated heterocycles. The maximum Gasteiger partial charge on any atom is 0.159 e. The van der Waals surface area contributed by atoms with Crippen LogP contribution in [0, 0.1) is 0 Å². The molecule has 7 nitrogen and oxygen atoms in total. The number of piperidine rings is 1. The van der Waals surface area contributed by atoms with Crippen molar-refractivity contribution in [1.29, 1.82) is 0 Å². The molecule has 162 valence electrons. The normalized spacial score (nSPS) is 19.7. The molecule has 0 saturated carbocycles. The first-order chi connectivity index (χ1) is 15.4. The Morgan fingerprint density at radius 1 is 0.968 bits per heavy atom. The zero-order valence-corrected chi connectivity index (χ0v) is 17.8. The van der Waals surface area contributed by atoms with Crippen molar-refractivity contribution in [2.75, 3.05) is 31.2 Å². The summed E-state index contributed by atoms with van der Waals surface area (Å²) in [6, 6.07) is 16.6. The van der Waals surface area contributed by atoms with E-state index in [1.165, 1.54) is 5.56 Å². The van der Waals surface area contributed by atoms with Gasteiger partial charge in [0.15, 0.2) is 5.82 Å². The van der Waals surface area contributed by atoms with E-state index < -0.39 is 0 Å². The maximum atomic E-state index is 6.08. The molecule has 0 amide bonds. The zero-order valence-electron chi connectivity index (χ0n) is 17.8. The number of benzene rings is 1. The summed E-state index contributed by atoms with van der Waals surface area (Å²) in [6.07, 6.45) is 5.05. The van der Waals surface area contributed by atoms with Crippen molar-refractivity contribution < 1.29 is 9.47 Å². The van der Waals surface area contributed by atoms with Crippen LogP contribution < -0.4 is 4.90 Å². The standard InChI is InChI=1S/C24H29N5O2/c1-2-6-19(7-3-1)16-29-23(18-31-21-11-15-30-17-21)26-27-24(29)20-9-13-28(14-10-20)22-8-4-5-12-25-22/h1-8,12,20-21H,9-11,13-18H2/t21-/m1/s1. The van der Waals surface area contributed by atoms with Gasteiger partial charge in [-0.3, -0.25) is 0 Å². The van der Waals surface area contributed by atoms with E-state index in [0.717, 1.165) is 63.0 Å². The number of anilines is 1. The molecule has 0 N–H and O–H groups in total. The van der Waals surface area contributed by atoms with Crippen molar-refractivity contribution in [2.45, 2.75) is 44.4 Å². The van der Waals surface area contributed by atoms with Crippen LogP contribution in [-0.4, -0.2) is 52.2 Å². The van der Waals surface area contributed by atoms with Gasteiger partial charge in [-0.1, -0.05) is 36.4 Å². The summed E-state index contributed by atoms with van der Waals surface area (Å²) in [6.45, 7) is 4.65. The molecule has 2 aromatic heterocycles. The average molecular weight is 420 g/mol. The molecule has 2 aliphatic heterocycles. The van der Waals surface area contributed by atoms with Gasteiger partial charge in [-0.05, 0) is 37.0 Å². The smallest absolute Gasteiger partial charge is 0.159 e. The predicted molar refractivity (Wildman–Crippen MR) is 118 cm³/mol. The van der Waals surface area contributed by atoms with Crippen molar-refractivity contribution in [3.8, 4) is 0 Å². The molecule has 0 radical (unpaired) electrons. The van der Waals surface area contributed by atoms with Gasteiger partial charge in [0.2, 0.25) is 0 Å². The minimum absolute atomic E-state index is 0.159. The van der Waals surface area contributed by atoms with Gasteiger partial charge >= 0.3 is 0 Å². The van der Waals surface area contributed by atoms with E-state index in [9.17, 15) is 0 Å². The molecule has 4 heterocycles. The highest BCUT2D eigenvalue weighted by Crippen LogP contribution is 2.30. The van der Waals surface area contributed by atoms with Crippen LogP contribution in [0.5, 0.6) is 0 Å². The van der Waals surface area contributed by atoms with E-state index >= 15 is 0 Å². The molecule has 0 aliphatic carbocycles. The lowest BCUT2D eigenvalue weighted by atomic mass is 9.95. The van der Waals surface area contributed by atoms with Crippen LogP contribution in [0.1, 0.15) is 42.4 Å². The molecule has 0 unspecified atom stereocenters. The Morgan fingerprint density at radius 3 is 2.55 bits per heavy atom. The van der Waals surface area contributed by atoms with E-state index in [1.807, 2.05) is 24.4 Å². The molecule has 31 heavy (non-hydrogen) atoms. The Hall–Kier alpha value is -2.77. The number of ether oxygens (including phenoxy) is 2. The van der Waals surface area contributed by atoms with E-state index in [2.05, 4.69) is 55.0 Å². The van der Waals surface area contributed by atoms with Crippen LogP contribution in [-0.2, 0) is 22.6 Å². The van der Waals surface area contributed by atoms with Crippen LogP contribution in [0.2, 0.25) is 0 Å². The van der Waals surface area contributed by atoms with Crippen LogP contribution in [0.15, 0.2) is 54.7 Å². The fraction of sp³-hybridized carbons (Fsp3) is 0.458. The largest absolute Gasteiger partial charge is 0.379 e. The fourth-order valence-electron chi connectivity index (χ4n) is 4.44. The zero-order chi connectivity index (χ0) is 20.9. The second-order valence-corrected chi connectivity index (χ2v) is 8.29. The topological polar surface area (TPSA) is 65.3 Å². The van der Waals surface area contributed by atoms with Gasteiger partial charge < -0.3 is 18.9 Å². The Balaban J connectivity index is 1.32. The van der Waals surface area contributed by atoms with Gasteiger partial charge in [-0.25, -0.2) is 4.98 Å². The summed E-state index contributed by atoms with van der Waals surface area (Å²) in [7, 11) is 0. The highest BCUT2D eigenvalue weighted by Gasteiger charge is 2.27. The first-order valence-corrected chi connectivity index (χ1v) is 11.2. The first-order valence-electron chi connectivity index (χ1n) is 11.2. The van der Waals surface area contributed by atoms with E-state index in [0.29, 0.717) is 19.1 Å². The molecule has 5 rings (SSSR count). The Morgan fingerprint density at radius 2 is 1.81 bits per heavy atom. The summed E-state index contributed by atoms with van der Waals surface area (Å²) in [4.78, 5) is 6.87. The molecule has 1 aromatic carbocycles. The van der Waals surface area contributed by atoms with Gasteiger partial charge in [0, 0.05) is 31.8 Å². The third kappa shape index (κ3) is 4.78. The molecule has 2 fully saturated rings. The monoisotopic (exact) mass is 419 g/mol. The minimum Gasteiger partial charge on any atom is -0.379 e. The number of nitrogens with zero attached hydrogens (tertiary/aromatic N) is 5. The van der Waals surface area contributed by atoms with Crippen LogP contribution in [0.3, 0.4) is 0 Å². The van der Waals surface area contributed by atoms with Crippen molar-refractivity contribution in [2.24, 2.45) is 0 Å². The highest BCUT2D eigenvalue weighted by molar-refractivity contribution is 5.38. The predicted octanol–water partition coefficient (Wildman–Crippen LogP) is 3.41. The second-order valence-electron chi connectivity index (χ2n) is 8.29. The summed E-state index contributed by atoms with van der Waals surface area (Å²) in [5, 5.41) is 9.19. The third-order valence-electron chi connectivity index (χ3n) is 6.21. The van der Waals surface area contributed by atoms with E-state index in [1.54, 1.807) is 0 Å². The first kappa shape index (κ1) is 20.2. The number of hydrogen-bond donors (Lipinski definition) is 0. The Kier molecular flexibility index (Phi) is 6.22. The molecule has 2 aliphatic rings. The lowest BCUT2D eigenvalue weighted by Crippen LogP contribution is -2.34. The van der Waals surface area contributed by atoms with Crippen molar-refractivity contribution in [3.63, 3.8) is 0 Å². The molecular weight excluding hydrogens is 390 g/mol. The van der Waals surface area contributed by atoms with Crippen molar-refractivity contribution in [1.82, 2.24) is 19.7 Å². The van der Waals surface area contributed by atoms with Gasteiger partial charge in [0.25, 0.3) is 0 Å². The summed E-state index contributed by atoms with van der Waals surface area (Å²) >= 11 is 0. The second kappa shape index (κ2) is 9.58. The van der Waals surface area contributed by atoms with Crippen LogP contribution >= 0.6 is 0 Å². The quantitative estimate of drug-likeness (QED) is 0.585. The molecule has 1 atom stereocenters. The van der Waals surface area contributed by atoms with Crippen LogP contribution in [0.25, 0.3) is 0 Å². The number of pyridine rings is 1. The summed E-state index contributed by atoms with van der Waals surface area (Å²) < 4.78 is 13.8.